The van der Waals surface area contributed by atoms with Crippen LogP contribution in [-0.2, 0) is 4.79 Å². The molecule has 1 heterocycles. The van der Waals surface area contributed by atoms with E-state index >= 15 is 0 Å². The zero-order valence-electron chi connectivity index (χ0n) is 11.7. The zero-order chi connectivity index (χ0) is 15.5. The molecular formula is C17H14BrNO3. The average Bonchev–Trinajstić information content (AvgIpc) is 3.02. The third kappa shape index (κ3) is 3.20. The van der Waals surface area contributed by atoms with Gasteiger partial charge >= 0.3 is 0 Å². The number of rotatable bonds is 3. The van der Waals surface area contributed by atoms with Crippen molar-refractivity contribution in [2.45, 2.75) is 18.8 Å². The largest absolute Gasteiger partial charge is 0.511 e. The molecule has 0 saturated heterocycles. The van der Waals surface area contributed by atoms with Gasteiger partial charge in [0.2, 0.25) is 0 Å². The summed E-state index contributed by atoms with van der Waals surface area (Å²) in [6.45, 7) is 0. The molecule has 0 spiro atoms. The van der Waals surface area contributed by atoms with Crippen molar-refractivity contribution in [3.8, 4) is 0 Å². The third-order valence-corrected chi connectivity index (χ3v) is 4.13. The Hall–Kier alpha value is -2.14. The lowest BCUT2D eigenvalue weighted by Gasteiger charge is -2.20. The number of ketones is 1. The predicted molar refractivity (Wildman–Crippen MR) is 87.6 cm³/mol. The number of benzene rings is 1. The number of carbonyl (C=O) groups excluding carboxylic acids is 1. The second-order valence-corrected chi connectivity index (χ2v) is 6.05. The minimum absolute atomic E-state index is 0.0681. The molecule has 3 rings (SSSR count). The molecule has 0 aliphatic heterocycles. The molecule has 1 aromatic heterocycles. The van der Waals surface area contributed by atoms with Crippen LogP contribution in [0.25, 0.3) is 0 Å². The Morgan fingerprint density at radius 3 is 2.64 bits per heavy atom. The van der Waals surface area contributed by atoms with Gasteiger partial charge in [0.1, 0.15) is 11.5 Å². The molecule has 1 atom stereocenters. The smallest absolute Gasteiger partial charge is 0.168 e. The molecular weight excluding hydrogens is 346 g/mol. The van der Waals surface area contributed by atoms with Crippen molar-refractivity contribution >= 4 is 33.6 Å². The summed E-state index contributed by atoms with van der Waals surface area (Å²) in [6, 6.07) is 11.0. The van der Waals surface area contributed by atoms with Crippen LogP contribution in [0.3, 0.4) is 0 Å². The molecule has 1 unspecified atom stereocenters. The van der Waals surface area contributed by atoms with Gasteiger partial charge in [-0.05, 0) is 36.4 Å². The number of hydrogen-bond donors (Lipinski definition) is 1. The first-order chi connectivity index (χ1) is 10.6. The normalized spacial score (nSPS) is 19.1. The van der Waals surface area contributed by atoms with Crippen LogP contribution in [-0.4, -0.2) is 17.1 Å². The van der Waals surface area contributed by atoms with Crippen LogP contribution < -0.4 is 0 Å². The maximum absolute atomic E-state index is 12.2. The molecule has 1 aliphatic rings. The molecule has 1 aliphatic carbocycles. The van der Waals surface area contributed by atoms with Crippen LogP contribution in [0.15, 0.2) is 67.9 Å². The van der Waals surface area contributed by atoms with Crippen molar-refractivity contribution in [1.29, 1.82) is 0 Å². The zero-order valence-corrected chi connectivity index (χ0v) is 13.3. The highest BCUT2D eigenvalue weighted by Gasteiger charge is 2.29. The summed E-state index contributed by atoms with van der Waals surface area (Å²) in [5.74, 6) is 0.570. The molecule has 1 N–H and O–H groups in total. The minimum atomic E-state index is -0.119. The Bertz CT molecular complexity index is 730. The van der Waals surface area contributed by atoms with E-state index in [9.17, 15) is 9.90 Å². The van der Waals surface area contributed by atoms with Crippen molar-refractivity contribution in [1.82, 2.24) is 0 Å². The van der Waals surface area contributed by atoms with Gasteiger partial charge in [0.05, 0.1) is 17.5 Å². The van der Waals surface area contributed by atoms with E-state index in [1.54, 1.807) is 12.3 Å². The number of halogens is 1. The minimum Gasteiger partial charge on any atom is -0.511 e. The first-order valence-electron chi connectivity index (χ1n) is 6.92. The number of nitrogens with zero attached hydrogens (tertiary/aromatic N) is 1. The fourth-order valence-corrected chi connectivity index (χ4v) is 2.71. The maximum Gasteiger partial charge on any atom is 0.168 e. The molecule has 4 nitrogen and oxygen atoms in total. The summed E-state index contributed by atoms with van der Waals surface area (Å²) in [7, 11) is 0. The Balaban J connectivity index is 1.80. The number of aliphatic imine (C=N–C) groups is 1. The number of aliphatic hydroxyl groups excluding tert-OH is 1. The fourth-order valence-electron chi connectivity index (χ4n) is 2.45. The molecule has 22 heavy (non-hydrogen) atoms. The molecule has 112 valence electrons. The van der Waals surface area contributed by atoms with Gasteiger partial charge in [-0.25, -0.2) is 0 Å². The second-order valence-electron chi connectivity index (χ2n) is 5.14. The average molecular weight is 360 g/mol. The second kappa shape index (κ2) is 6.32. The highest BCUT2D eigenvalue weighted by atomic mass is 79.9. The first kappa shape index (κ1) is 14.8. The molecule has 0 bridgehead atoms. The summed E-state index contributed by atoms with van der Waals surface area (Å²) in [6.07, 6.45) is 3.73. The molecule has 1 aromatic carbocycles. The quantitative estimate of drug-likeness (QED) is 0.807. The van der Waals surface area contributed by atoms with Gasteiger partial charge in [0.15, 0.2) is 5.78 Å². The van der Waals surface area contributed by atoms with Gasteiger partial charge in [-0.15, -0.1) is 0 Å². The number of aliphatic hydroxyl groups is 1. The molecule has 0 saturated carbocycles. The lowest BCUT2D eigenvalue weighted by molar-refractivity contribution is -0.116. The van der Waals surface area contributed by atoms with E-state index in [2.05, 4.69) is 20.9 Å². The van der Waals surface area contributed by atoms with Crippen LogP contribution in [0.1, 0.15) is 24.5 Å². The molecule has 0 amide bonds. The van der Waals surface area contributed by atoms with E-state index in [0.29, 0.717) is 12.8 Å². The molecule has 0 radical (unpaired) electrons. The summed E-state index contributed by atoms with van der Waals surface area (Å²) in [4.78, 5) is 16.5. The summed E-state index contributed by atoms with van der Waals surface area (Å²) in [5.41, 5.74) is 1.01. The Morgan fingerprint density at radius 1 is 1.23 bits per heavy atom. The van der Waals surface area contributed by atoms with E-state index in [0.717, 1.165) is 15.9 Å². The van der Waals surface area contributed by atoms with Crippen molar-refractivity contribution in [3.05, 3.63) is 64.2 Å². The van der Waals surface area contributed by atoms with Crippen LogP contribution in [0.2, 0.25) is 0 Å². The topological polar surface area (TPSA) is 62.8 Å². The van der Waals surface area contributed by atoms with Gasteiger partial charge in [-0.1, -0.05) is 15.9 Å². The van der Waals surface area contributed by atoms with Gasteiger partial charge < -0.3 is 9.52 Å². The Kier molecular flexibility index (Phi) is 4.24. The molecule has 5 heteroatoms. The number of carbonyl (C=O) groups is 1. The van der Waals surface area contributed by atoms with E-state index in [-0.39, 0.29) is 23.0 Å². The van der Waals surface area contributed by atoms with Crippen LogP contribution >= 0.6 is 15.9 Å². The monoisotopic (exact) mass is 359 g/mol. The lowest BCUT2D eigenvalue weighted by Crippen LogP contribution is -2.18. The van der Waals surface area contributed by atoms with Crippen molar-refractivity contribution in [2.24, 2.45) is 4.99 Å². The van der Waals surface area contributed by atoms with Crippen molar-refractivity contribution < 1.29 is 14.3 Å². The maximum atomic E-state index is 12.2. The number of furan rings is 1. The Labute approximate surface area is 136 Å². The standard InChI is InChI=1S/C17H14BrNO3/c18-12-3-5-13(6-4-12)19-10-14-15(20)8-11(9-16(14)21)17-2-1-7-22-17/h1-7,10-11,20H,8-9H2. The fraction of sp³-hybridized carbons (Fsp3) is 0.176. The first-order valence-corrected chi connectivity index (χ1v) is 7.71. The van der Waals surface area contributed by atoms with Crippen molar-refractivity contribution in [2.75, 3.05) is 0 Å². The number of Topliss-reactive ketones (excluding diaryl/α,β-unsaturated/α-hetero) is 1. The Morgan fingerprint density at radius 2 is 2.00 bits per heavy atom. The van der Waals surface area contributed by atoms with Gasteiger partial charge in [0, 0.05) is 29.4 Å². The van der Waals surface area contributed by atoms with Gasteiger partial charge in [-0.2, -0.15) is 0 Å². The van der Waals surface area contributed by atoms with Gasteiger partial charge in [-0.3, -0.25) is 9.79 Å². The van der Waals surface area contributed by atoms with E-state index in [1.165, 1.54) is 6.21 Å². The molecule has 2 aromatic rings. The van der Waals surface area contributed by atoms with Crippen LogP contribution in [0.5, 0.6) is 0 Å². The van der Waals surface area contributed by atoms with Crippen LogP contribution in [0.4, 0.5) is 5.69 Å². The number of allylic oxidation sites excluding steroid dienone is 2. The van der Waals surface area contributed by atoms with E-state index in [4.69, 9.17) is 4.42 Å². The highest BCUT2D eigenvalue weighted by Crippen LogP contribution is 2.33. The SMILES string of the molecule is O=C1CC(c2ccco2)CC(O)=C1C=Nc1ccc(Br)cc1. The highest BCUT2D eigenvalue weighted by molar-refractivity contribution is 9.10. The van der Waals surface area contributed by atoms with E-state index in [1.807, 2.05) is 30.3 Å². The van der Waals surface area contributed by atoms with Crippen molar-refractivity contribution in [3.63, 3.8) is 0 Å². The number of hydrogen-bond acceptors (Lipinski definition) is 4. The summed E-state index contributed by atoms with van der Waals surface area (Å²) >= 11 is 3.35. The third-order valence-electron chi connectivity index (χ3n) is 3.60. The summed E-state index contributed by atoms with van der Waals surface area (Å²) < 4.78 is 6.28. The predicted octanol–water partition coefficient (Wildman–Crippen LogP) is 4.70. The lowest BCUT2D eigenvalue weighted by atomic mass is 9.86. The summed E-state index contributed by atoms with van der Waals surface area (Å²) in [5, 5.41) is 10.1. The molecule has 0 fully saturated rings. The van der Waals surface area contributed by atoms with E-state index < -0.39 is 0 Å². The van der Waals surface area contributed by atoms with Gasteiger partial charge in [0.25, 0.3) is 0 Å². The van der Waals surface area contributed by atoms with Crippen LogP contribution in [0, 0.1) is 0 Å².